The molecule has 2 amide bonds. The maximum absolute atomic E-state index is 12.3. The molecule has 1 aromatic heterocycles. The minimum Gasteiger partial charge on any atom is -0.326 e. The average Bonchev–Trinajstić information content (AvgIpc) is 3.07. The molecule has 0 aliphatic rings. The molecule has 0 spiro atoms. The van der Waals surface area contributed by atoms with E-state index in [0.717, 1.165) is 5.69 Å². The maximum atomic E-state index is 12.3. The van der Waals surface area contributed by atoms with Gasteiger partial charge in [0.2, 0.25) is 5.91 Å². The van der Waals surface area contributed by atoms with E-state index in [1.54, 1.807) is 41.2 Å². The molecule has 3 aromatic rings. The number of hydrogen-bond acceptors (Lipinski definition) is 3. The molecule has 24 heavy (non-hydrogen) atoms. The average molecular weight is 320 g/mol. The molecule has 0 aliphatic carbocycles. The van der Waals surface area contributed by atoms with Crippen molar-refractivity contribution in [2.45, 2.75) is 6.92 Å². The van der Waals surface area contributed by atoms with Crippen molar-refractivity contribution in [3.63, 3.8) is 0 Å². The normalized spacial score (nSPS) is 10.2. The van der Waals surface area contributed by atoms with Crippen molar-refractivity contribution in [2.75, 3.05) is 10.6 Å². The van der Waals surface area contributed by atoms with Crippen molar-refractivity contribution in [2.24, 2.45) is 0 Å². The van der Waals surface area contributed by atoms with Crippen molar-refractivity contribution >= 4 is 23.2 Å². The Morgan fingerprint density at radius 3 is 2.12 bits per heavy atom. The fourth-order valence-electron chi connectivity index (χ4n) is 2.20. The summed E-state index contributed by atoms with van der Waals surface area (Å²) in [6.45, 7) is 1.44. The van der Waals surface area contributed by atoms with Gasteiger partial charge in [0.05, 0.1) is 5.69 Å². The van der Waals surface area contributed by atoms with E-state index in [2.05, 4.69) is 15.7 Å². The summed E-state index contributed by atoms with van der Waals surface area (Å²) in [6, 6.07) is 18.1. The van der Waals surface area contributed by atoms with Gasteiger partial charge in [-0.15, -0.1) is 0 Å². The standard InChI is InChI=1S/C18H16N4O2/c1-13(23)19-14-7-9-15(10-8-14)20-18(24)17-11-12-22(21-17)16-5-3-2-4-6-16/h2-12H,1H3,(H,19,23)(H,20,24). The van der Waals surface area contributed by atoms with Crippen molar-refractivity contribution in [1.29, 1.82) is 0 Å². The minimum absolute atomic E-state index is 0.141. The number of hydrogen-bond donors (Lipinski definition) is 2. The Bertz CT molecular complexity index is 854. The molecule has 0 unspecified atom stereocenters. The Kier molecular flexibility index (Phi) is 4.38. The molecule has 2 aromatic carbocycles. The van der Waals surface area contributed by atoms with Crippen molar-refractivity contribution in [3.05, 3.63) is 72.6 Å². The first kappa shape index (κ1) is 15.5. The predicted molar refractivity (Wildman–Crippen MR) is 92.3 cm³/mol. The molecule has 2 N–H and O–H groups in total. The Morgan fingerprint density at radius 1 is 0.875 bits per heavy atom. The lowest BCUT2D eigenvalue weighted by Crippen LogP contribution is -2.13. The Hall–Kier alpha value is -3.41. The number of rotatable bonds is 4. The van der Waals surface area contributed by atoms with E-state index < -0.39 is 0 Å². The van der Waals surface area contributed by atoms with E-state index in [1.165, 1.54) is 6.92 Å². The lowest BCUT2D eigenvalue weighted by Gasteiger charge is -2.06. The summed E-state index contributed by atoms with van der Waals surface area (Å²) in [7, 11) is 0. The zero-order valence-electron chi connectivity index (χ0n) is 13.1. The lowest BCUT2D eigenvalue weighted by molar-refractivity contribution is -0.114. The van der Waals surface area contributed by atoms with Gasteiger partial charge in [-0.1, -0.05) is 18.2 Å². The molecule has 6 nitrogen and oxygen atoms in total. The van der Waals surface area contributed by atoms with Crippen LogP contribution in [0.5, 0.6) is 0 Å². The molecule has 1 heterocycles. The summed E-state index contributed by atoms with van der Waals surface area (Å²) >= 11 is 0. The summed E-state index contributed by atoms with van der Waals surface area (Å²) in [5.41, 5.74) is 2.51. The SMILES string of the molecule is CC(=O)Nc1ccc(NC(=O)c2ccn(-c3ccccc3)n2)cc1. The second-order valence-electron chi connectivity index (χ2n) is 5.19. The highest BCUT2D eigenvalue weighted by Gasteiger charge is 2.10. The van der Waals surface area contributed by atoms with Crippen molar-refractivity contribution in [3.8, 4) is 5.69 Å². The van der Waals surface area contributed by atoms with Gasteiger partial charge in [-0.2, -0.15) is 5.10 Å². The predicted octanol–water partition coefficient (Wildman–Crippen LogP) is 3.08. The number of nitrogens with zero attached hydrogens (tertiary/aromatic N) is 2. The van der Waals surface area contributed by atoms with E-state index in [1.807, 2.05) is 30.3 Å². The molecule has 0 bridgehead atoms. The third-order valence-electron chi connectivity index (χ3n) is 3.31. The van der Waals surface area contributed by atoms with Crippen LogP contribution in [0.25, 0.3) is 5.69 Å². The second kappa shape index (κ2) is 6.78. The molecule has 0 saturated heterocycles. The van der Waals surface area contributed by atoms with Crippen molar-refractivity contribution < 1.29 is 9.59 Å². The Balaban J connectivity index is 1.69. The van der Waals surface area contributed by atoms with Gasteiger partial charge in [-0.25, -0.2) is 4.68 Å². The highest BCUT2D eigenvalue weighted by atomic mass is 16.2. The van der Waals surface area contributed by atoms with E-state index in [4.69, 9.17) is 0 Å². The quantitative estimate of drug-likeness (QED) is 0.775. The molecule has 120 valence electrons. The number of amides is 2. The van der Waals surface area contributed by atoms with E-state index in [0.29, 0.717) is 17.1 Å². The molecule has 0 atom stereocenters. The summed E-state index contributed by atoms with van der Waals surface area (Å²) in [6.07, 6.45) is 1.74. The van der Waals surface area contributed by atoms with Gasteiger partial charge < -0.3 is 10.6 Å². The van der Waals surface area contributed by atoms with Gasteiger partial charge in [0.1, 0.15) is 0 Å². The van der Waals surface area contributed by atoms with Crippen LogP contribution < -0.4 is 10.6 Å². The fourth-order valence-corrected chi connectivity index (χ4v) is 2.20. The van der Waals surface area contributed by atoms with E-state index in [9.17, 15) is 9.59 Å². The fraction of sp³-hybridized carbons (Fsp3) is 0.0556. The third-order valence-corrected chi connectivity index (χ3v) is 3.31. The Labute approximate surface area is 139 Å². The van der Waals surface area contributed by atoms with Gasteiger partial charge in [-0.05, 0) is 42.5 Å². The molecule has 6 heteroatoms. The highest BCUT2D eigenvalue weighted by Crippen LogP contribution is 2.15. The number of nitrogens with one attached hydrogen (secondary N) is 2. The number of benzene rings is 2. The first-order valence-electron chi connectivity index (χ1n) is 7.42. The number of aromatic nitrogens is 2. The smallest absolute Gasteiger partial charge is 0.276 e. The maximum Gasteiger partial charge on any atom is 0.276 e. The lowest BCUT2D eigenvalue weighted by atomic mass is 10.2. The highest BCUT2D eigenvalue weighted by molar-refractivity contribution is 6.03. The number of carbonyl (C=O) groups excluding carboxylic acids is 2. The zero-order valence-corrected chi connectivity index (χ0v) is 13.1. The minimum atomic E-state index is -0.294. The van der Waals surface area contributed by atoms with Gasteiger partial charge >= 0.3 is 0 Å². The van der Waals surface area contributed by atoms with E-state index >= 15 is 0 Å². The molecule has 3 rings (SSSR count). The van der Waals surface area contributed by atoms with Crippen LogP contribution in [-0.4, -0.2) is 21.6 Å². The molecular weight excluding hydrogens is 304 g/mol. The zero-order chi connectivity index (χ0) is 16.9. The number of carbonyl (C=O) groups is 2. The Morgan fingerprint density at radius 2 is 1.50 bits per heavy atom. The van der Waals surface area contributed by atoms with Crippen LogP contribution in [0.1, 0.15) is 17.4 Å². The first-order chi connectivity index (χ1) is 11.6. The first-order valence-corrected chi connectivity index (χ1v) is 7.42. The molecule has 0 fully saturated rings. The van der Waals surface area contributed by atoms with Gasteiger partial charge in [0.25, 0.3) is 5.91 Å². The van der Waals surface area contributed by atoms with E-state index in [-0.39, 0.29) is 11.8 Å². The van der Waals surface area contributed by atoms with Crippen LogP contribution >= 0.6 is 0 Å². The summed E-state index contributed by atoms with van der Waals surface area (Å²) in [5, 5.41) is 9.73. The van der Waals surface area contributed by atoms with Crippen LogP contribution in [-0.2, 0) is 4.79 Å². The summed E-state index contributed by atoms with van der Waals surface area (Å²) in [4.78, 5) is 23.3. The van der Waals surface area contributed by atoms with Crippen LogP contribution in [0.15, 0.2) is 66.9 Å². The number of para-hydroxylation sites is 1. The molecule has 0 saturated carbocycles. The van der Waals surface area contributed by atoms with Gasteiger partial charge in [0.15, 0.2) is 5.69 Å². The van der Waals surface area contributed by atoms with Gasteiger partial charge in [0, 0.05) is 24.5 Å². The van der Waals surface area contributed by atoms with Gasteiger partial charge in [-0.3, -0.25) is 9.59 Å². The van der Waals surface area contributed by atoms with Crippen LogP contribution in [0.3, 0.4) is 0 Å². The topological polar surface area (TPSA) is 76.0 Å². The number of anilines is 2. The second-order valence-corrected chi connectivity index (χ2v) is 5.19. The van der Waals surface area contributed by atoms with Crippen molar-refractivity contribution in [1.82, 2.24) is 9.78 Å². The third kappa shape index (κ3) is 3.67. The molecule has 0 aliphatic heterocycles. The summed E-state index contributed by atoms with van der Waals surface area (Å²) in [5.74, 6) is -0.435. The largest absolute Gasteiger partial charge is 0.326 e. The van der Waals surface area contributed by atoms with Crippen LogP contribution in [0.4, 0.5) is 11.4 Å². The molecular formula is C18H16N4O2. The van der Waals surface area contributed by atoms with Crippen LogP contribution in [0.2, 0.25) is 0 Å². The molecule has 0 radical (unpaired) electrons. The monoisotopic (exact) mass is 320 g/mol. The van der Waals surface area contributed by atoms with Crippen LogP contribution in [0, 0.1) is 0 Å². The summed E-state index contributed by atoms with van der Waals surface area (Å²) < 4.78 is 1.65.